The second kappa shape index (κ2) is 5.78. The first-order valence-corrected chi connectivity index (χ1v) is 7.84. The number of nitrogens with one attached hydrogen (secondary N) is 1. The largest absolute Gasteiger partial charge is 0.489 e. The Morgan fingerprint density at radius 2 is 2.11 bits per heavy atom. The molecule has 0 spiro atoms. The molecule has 0 aliphatic heterocycles. The summed E-state index contributed by atoms with van der Waals surface area (Å²) in [6.07, 6.45) is 2.60. The van der Waals surface area contributed by atoms with E-state index in [1.165, 1.54) is 3.57 Å². The summed E-state index contributed by atoms with van der Waals surface area (Å²) in [6, 6.07) is 8.86. The van der Waals surface area contributed by atoms with Crippen molar-refractivity contribution in [3.05, 3.63) is 27.8 Å². The predicted octanol–water partition coefficient (Wildman–Crippen LogP) is 3.84. The van der Waals surface area contributed by atoms with Crippen molar-refractivity contribution < 1.29 is 4.74 Å². The molecule has 1 aromatic rings. The van der Waals surface area contributed by atoms with E-state index in [9.17, 15) is 0 Å². The monoisotopic (exact) mass is 359 g/mol. The maximum atomic E-state index is 6.22. The topological polar surface area (TPSA) is 21.3 Å². The van der Waals surface area contributed by atoms with E-state index in [0.717, 1.165) is 25.1 Å². The summed E-state index contributed by atoms with van der Waals surface area (Å²) in [5, 5.41) is 3.57. The van der Waals surface area contributed by atoms with Gasteiger partial charge in [0.1, 0.15) is 11.9 Å². The molecule has 0 heterocycles. The van der Waals surface area contributed by atoms with Gasteiger partial charge in [-0.1, -0.05) is 32.9 Å². The maximum Gasteiger partial charge on any atom is 0.133 e. The number of benzene rings is 1. The van der Waals surface area contributed by atoms with Crippen LogP contribution in [0.3, 0.4) is 0 Å². The zero-order chi connectivity index (χ0) is 13.2. The van der Waals surface area contributed by atoms with Crippen LogP contribution >= 0.6 is 22.6 Å². The summed E-state index contributed by atoms with van der Waals surface area (Å²) >= 11 is 2.34. The van der Waals surface area contributed by atoms with E-state index < -0.39 is 0 Å². The zero-order valence-corrected chi connectivity index (χ0v) is 13.5. The summed E-state index contributed by atoms with van der Waals surface area (Å²) in [5.74, 6) is 1.03. The van der Waals surface area contributed by atoms with Gasteiger partial charge >= 0.3 is 0 Å². The molecule has 0 saturated heterocycles. The summed E-state index contributed by atoms with van der Waals surface area (Å²) < 4.78 is 7.41. The van der Waals surface area contributed by atoms with Crippen molar-refractivity contribution >= 4 is 22.6 Å². The van der Waals surface area contributed by atoms with Crippen molar-refractivity contribution in [1.29, 1.82) is 0 Å². The van der Waals surface area contributed by atoms with E-state index in [1.54, 1.807) is 0 Å². The lowest BCUT2D eigenvalue weighted by Crippen LogP contribution is -2.63. The van der Waals surface area contributed by atoms with E-state index in [-0.39, 0.29) is 5.41 Å². The van der Waals surface area contributed by atoms with Crippen molar-refractivity contribution in [3.8, 4) is 5.75 Å². The number of hydrogen-bond acceptors (Lipinski definition) is 2. The van der Waals surface area contributed by atoms with Crippen molar-refractivity contribution in [3.63, 3.8) is 0 Å². The molecule has 0 radical (unpaired) electrons. The lowest BCUT2D eigenvalue weighted by molar-refractivity contribution is -0.0700. The minimum atomic E-state index is 0.259. The zero-order valence-electron chi connectivity index (χ0n) is 11.4. The van der Waals surface area contributed by atoms with Gasteiger partial charge in [0.2, 0.25) is 0 Å². The van der Waals surface area contributed by atoms with E-state index in [4.69, 9.17) is 4.74 Å². The third-order valence-electron chi connectivity index (χ3n) is 4.30. The van der Waals surface area contributed by atoms with Gasteiger partial charge in [-0.15, -0.1) is 0 Å². The van der Waals surface area contributed by atoms with E-state index in [1.807, 2.05) is 6.07 Å². The molecular formula is C15H22INO. The highest BCUT2D eigenvalue weighted by atomic mass is 127. The van der Waals surface area contributed by atoms with Crippen LogP contribution in [0.15, 0.2) is 24.3 Å². The van der Waals surface area contributed by atoms with E-state index >= 15 is 0 Å². The first-order valence-electron chi connectivity index (χ1n) is 6.76. The maximum absolute atomic E-state index is 6.22. The Kier molecular flexibility index (Phi) is 4.54. The highest BCUT2D eigenvalue weighted by molar-refractivity contribution is 14.1. The van der Waals surface area contributed by atoms with Crippen molar-refractivity contribution in [2.45, 2.75) is 45.8 Å². The van der Waals surface area contributed by atoms with Gasteiger partial charge in [0.05, 0.1) is 3.57 Å². The van der Waals surface area contributed by atoms with Crippen LogP contribution in [0.2, 0.25) is 0 Å². The minimum absolute atomic E-state index is 0.259. The van der Waals surface area contributed by atoms with Gasteiger partial charge < -0.3 is 10.1 Å². The standard InChI is InChI=1S/C15H22INO/c1-4-15(3)13(17-5-2)10-14(15)18-12-9-7-6-8-11(12)16/h6-9,13-14,17H,4-5,10H2,1-3H3. The molecule has 1 aliphatic rings. The van der Waals surface area contributed by atoms with Gasteiger partial charge in [0.15, 0.2) is 0 Å². The normalized spacial score (nSPS) is 30.9. The molecule has 1 N–H and O–H groups in total. The fourth-order valence-electron chi connectivity index (χ4n) is 2.73. The summed E-state index contributed by atoms with van der Waals surface area (Å²) in [4.78, 5) is 0. The molecule has 1 aliphatic carbocycles. The third-order valence-corrected chi connectivity index (χ3v) is 5.19. The average Bonchev–Trinajstić information content (AvgIpc) is 2.38. The van der Waals surface area contributed by atoms with Crippen molar-refractivity contribution in [2.24, 2.45) is 5.41 Å². The van der Waals surface area contributed by atoms with Crippen LogP contribution in [0.25, 0.3) is 0 Å². The van der Waals surface area contributed by atoms with Gasteiger partial charge in [-0.25, -0.2) is 0 Å². The SMILES string of the molecule is CCNC1CC(Oc2ccccc2I)C1(C)CC. The second-order valence-electron chi connectivity index (χ2n) is 5.24. The molecule has 100 valence electrons. The Morgan fingerprint density at radius 3 is 2.72 bits per heavy atom. The van der Waals surface area contributed by atoms with Crippen LogP contribution < -0.4 is 10.1 Å². The number of hydrogen-bond donors (Lipinski definition) is 1. The Bertz CT molecular complexity index is 409. The Balaban J connectivity index is 2.06. The molecule has 0 amide bonds. The van der Waals surface area contributed by atoms with Crippen LogP contribution in [0.1, 0.15) is 33.6 Å². The second-order valence-corrected chi connectivity index (χ2v) is 6.40. The van der Waals surface area contributed by atoms with Gasteiger partial charge in [0, 0.05) is 17.9 Å². The summed E-state index contributed by atoms with van der Waals surface area (Å²) in [6.45, 7) is 7.81. The Labute approximate surface area is 124 Å². The van der Waals surface area contributed by atoms with Crippen LogP contribution in [-0.2, 0) is 0 Å². The van der Waals surface area contributed by atoms with Gasteiger partial charge in [-0.2, -0.15) is 0 Å². The fourth-order valence-corrected chi connectivity index (χ4v) is 3.24. The number of para-hydroxylation sites is 1. The molecule has 18 heavy (non-hydrogen) atoms. The Morgan fingerprint density at radius 1 is 1.39 bits per heavy atom. The Hall–Kier alpha value is -0.290. The highest BCUT2D eigenvalue weighted by Crippen LogP contribution is 2.46. The summed E-state index contributed by atoms with van der Waals surface area (Å²) in [7, 11) is 0. The minimum Gasteiger partial charge on any atom is -0.489 e. The third kappa shape index (κ3) is 2.52. The molecule has 3 unspecified atom stereocenters. The number of ether oxygens (including phenoxy) is 1. The molecule has 2 rings (SSSR count). The molecule has 0 bridgehead atoms. The van der Waals surface area contributed by atoms with Crippen LogP contribution in [0, 0.1) is 8.99 Å². The van der Waals surface area contributed by atoms with Crippen LogP contribution in [0.5, 0.6) is 5.75 Å². The summed E-state index contributed by atoms with van der Waals surface area (Å²) in [5.41, 5.74) is 0.259. The van der Waals surface area contributed by atoms with E-state index in [2.05, 4.69) is 66.9 Å². The van der Waals surface area contributed by atoms with Crippen molar-refractivity contribution in [1.82, 2.24) is 5.32 Å². The smallest absolute Gasteiger partial charge is 0.133 e. The highest BCUT2D eigenvalue weighted by Gasteiger charge is 2.51. The predicted molar refractivity (Wildman–Crippen MR) is 84.1 cm³/mol. The molecule has 2 nitrogen and oxygen atoms in total. The number of halogens is 1. The average molecular weight is 359 g/mol. The first kappa shape index (κ1) is 14.1. The van der Waals surface area contributed by atoms with Gasteiger partial charge in [0.25, 0.3) is 0 Å². The van der Waals surface area contributed by atoms with Gasteiger partial charge in [-0.05, 0) is 47.7 Å². The molecule has 1 aromatic carbocycles. The molecular weight excluding hydrogens is 337 g/mol. The molecule has 3 atom stereocenters. The lowest BCUT2D eigenvalue weighted by atomic mass is 9.61. The molecule has 3 heteroatoms. The number of rotatable bonds is 5. The quantitative estimate of drug-likeness (QED) is 0.807. The fraction of sp³-hybridized carbons (Fsp3) is 0.600. The first-order chi connectivity index (χ1) is 8.61. The van der Waals surface area contributed by atoms with Gasteiger partial charge in [-0.3, -0.25) is 0 Å². The van der Waals surface area contributed by atoms with Crippen molar-refractivity contribution in [2.75, 3.05) is 6.54 Å². The molecule has 0 aromatic heterocycles. The van der Waals surface area contributed by atoms with E-state index in [0.29, 0.717) is 12.1 Å². The van der Waals surface area contributed by atoms with Crippen LogP contribution in [-0.4, -0.2) is 18.7 Å². The molecule has 1 saturated carbocycles. The van der Waals surface area contributed by atoms with Crippen LogP contribution in [0.4, 0.5) is 0 Å². The molecule has 1 fully saturated rings. The lowest BCUT2D eigenvalue weighted by Gasteiger charge is -2.53.